The van der Waals surface area contributed by atoms with E-state index >= 15 is 0 Å². The summed E-state index contributed by atoms with van der Waals surface area (Å²) in [5.74, 6) is 2.59. The van der Waals surface area contributed by atoms with Crippen LogP contribution in [0.1, 0.15) is 119 Å². The molecular weight excluding hydrogens is 1710 g/mol. The number of nitrogens with one attached hydrogen (secondary N) is 2. The van der Waals surface area contributed by atoms with Gasteiger partial charge in [-0.25, -0.2) is 0 Å². The van der Waals surface area contributed by atoms with Crippen LogP contribution in [0.15, 0.2) is 310 Å². The molecular formula is C104H124N6O10P4Sc2. The third-order valence-corrected chi connectivity index (χ3v) is 36.2. The summed E-state index contributed by atoms with van der Waals surface area (Å²) in [6.45, 7) is 31.9. The van der Waals surface area contributed by atoms with Gasteiger partial charge in [0.25, 0.3) is 0 Å². The van der Waals surface area contributed by atoms with Gasteiger partial charge in [-0.3, -0.25) is 19.0 Å². The Morgan fingerprint density at radius 1 is 0.254 bits per heavy atom. The zero-order chi connectivity index (χ0) is 89.9. The second-order valence-corrected chi connectivity index (χ2v) is 46.1. The maximum Gasteiger partial charge on any atom is 3.00 e. The van der Waals surface area contributed by atoms with Crippen molar-refractivity contribution in [3.05, 3.63) is 313 Å². The van der Waals surface area contributed by atoms with E-state index in [1.54, 1.807) is 42.3 Å². The van der Waals surface area contributed by atoms with E-state index in [1.807, 2.05) is 194 Å². The van der Waals surface area contributed by atoms with Gasteiger partial charge < -0.3 is 60.2 Å². The zero-order valence-electron chi connectivity index (χ0n) is 76.6. The molecule has 12 aromatic rings. The van der Waals surface area contributed by atoms with Crippen LogP contribution in [0.5, 0.6) is 46.0 Å². The Bertz CT molecular complexity index is 4770. The molecule has 0 unspecified atom stereocenters. The van der Waals surface area contributed by atoms with Gasteiger partial charge in [0, 0.05) is 68.6 Å². The minimum absolute atomic E-state index is 0. The molecule has 126 heavy (non-hydrogen) atoms. The summed E-state index contributed by atoms with van der Waals surface area (Å²) in [6, 6.07) is 96.9. The number of methoxy groups -OCH3 is 4. The molecule has 2 N–H and O–H groups in total. The van der Waals surface area contributed by atoms with Crippen molar-refractivity contribution in [2.45, 2.75) is 119 Å². The first kappa shape index (κ1) is 105. The van der Waals surface area contributed by atoms with Gasteiger partial charge in [-0.2, -0.15) is 0 Å². The van der Waals surface area contributed by atoms with Crippen molar-refractivity contribution in [2.75, 3.05) is 94.0 Å². The molecule has 16 nitrogen and oxygen atoms in total. The first-order chi connectivity index (χ1) is 59.4. The molecule has 12 aromatic carbocycles. The normalized spacial score (nSPS) is 11.7. The maximum absolute atomic E-state index is 14.7. The summed E-state index contributed by atoms with van der Waals surface area (Å²) in [5, 5.41) is 94.6. The Hall–Kier alpha value is -8.46. The van der Waals surface area contributed by atoms with E-state index in [-0.39, 0.29) is 87.9 Å². The average molecular weight is 1830 g/mol. The third-order valence-electron chi connectivity index (χ3n) is 21.2. The van der Waals surface area contributed by atoms with E-state index < -0.39 is 49.9 Å². The van der Waals surface area contributed by atoms with Gasteiger partial charge in [-0.15, -0.1) is 13.2 Å². The number of nitrogens with zero attached hydrogens (tertiary/aromatic N) is 4. The maximum atomic E-state index is 14.7. The van der Waals surface area contributed by atoms with Gasteiger partial charge in [0.1, 0.15) is 23.0 Å². The molecule has 0 aliphatic heterocycles. The molecule has 0 saturated heterocycles. The van der Waals surface area contributed by atoms with Crippen LogP contribution < -0.4 is 124 Å². The average Bonchev–Trinajstić information content (AvgIpc) is 0.751. The van der Waals surface area contributed by atoms with E-state index in [0.717, 1.165) is 42.4 Å². The molecule has 0 aliphatic rings. The van der Waals surface area contributed by atoms with Crippen molar-refractivity contribution < 1.29 is 101 Å². The predicted octanol–water partition coefficient (Wildman–Crippen LogP) is 14.1. The van der Waals surface area contributed by atoms with Crippen LogP contribution in [-0.2, 0) is 73.3 Å². The van der Waals surface area contributed by atoms with E-state index in [9.17, 15) is 20.4 Å². The van der Waals surface area contributed by atoms with Crippen molar-refractivity contribution >= 4 is 91.9 Å². The fourth-order valence-corrected chi connectivity index (χ4v) is 29.9. The third kappa shape index (κ3) is 24.7. The molecule has 0 fully saturated rings. The van der Waals surface area contributed by atoms with Crippen LogP contribution in [-0.4, -0.2) is 94.0 Å². The van der Waals surface area contributed by atoms with E-state index in [4.69, 9.17) is 48.1 Å². The molecule has 0 atom stereocenters. The van der Waals surface area contributed by atoms with Crippen LogP contribution in [0.25, 0.3) is 0 Å². The first-order valence-electron chi connectivity index (χ1n) is 42.3. The number of ether oxygens (including phenoxy) is 4. The monoisotopic (exact) mass is 1830 g/mol. The largest absolute Gasteiger partial charge is 3.00 e. The smallest absolute Gasteiger partial charge is 0.872 e. The van der Waals surface area contributed by atoms with Crippen molar-refractivity contribution in [1.29, 1.82) is 0 Å². The quantitative estimate of drug-likeness (QED) is 0.0343. The van der Waals surface area contributed by atoms with E-state index in [0.29, 0.717) is 119 Å². The topological polar surface area (TPSA) is 249 Å². The first-order valence-corrected chi connectivity index (χ1v) is 49.3. The molecule has 656 valence electrons. The molecule has 12 rings (SSSR count). The minimum Gasteiger partial charge on any atom is -0.872 e. The van der Waals surface area contributed by atoms with Gasteiger partial charge in [0.05, 0.1) is 82.8 Å². The summed E-state index contributed by atoms with van der Waals surface area (Å²) < 4.78 is 45.7. The summed E-state index contributed by atoms with van der Waals surface area (Å²) >= 11 is 0. The number of rotatable bonds is 28. The molecule has 0 amide bonds. The standard InChI is InChI=1S/2C50H59N3O4P2.2C2H5O.2Sc/c2*1-49(2,3)43-33-37(56-7)35-45(47(43)54)58(39-21-13-9-14-22-39,40-23-15-10-16-24-40)52-31-29-51-30-32-53-59(41-25-17-11-18-26-41,42-27-19-12-20-28-42)46-36-38(57-8)34-44(48(46)55)50(4,5)6;2*1-2-3;;/h2*9-28,33-36,51,54-55H,29-32H2,1-8H3;2*2H2,1H3;;/q;;2*-1;2*+3/p-4. The second kappa shape index (κ2) is 48.3. The van der Waals surface area contributed by atoms with Crippen LogP contribution in [0.3, 0.4) is 0 Å². The summed E-state index contributed by atoms with van der Waals surface area (Å²) in [7, 11) is -4.74. The summed E-state index contributed by atoms with van der Waals surface area (Å²) in [6.07, 6.45) is 0. The van der Waals surface area contributed by atoms with Crippen molar-refractivity contribution in [1.82, 2.24) is 10.6 Å². The summed E-state index contributed by atoms with van der Waals surface area (Å²) in [5.41, 5.74) is 1.19. The molecule has 0 radical (unpaired) electrons. The Kier molecular flexibility index (Phi) is 40.1. The fourth-order valence-electron chi connectivity index (χ4n) is 15.2. The van der Waals surface area contributed by atoms with E-state index in [1.165, 1.54) is 0 Å². The Balaban J connectivity index is 0.000000321. The Labute approximate surface area is 788 Å². The minimum atomic E-state index is -2.83. The Morgan fingerprint density at radius 2 is 0.389 bits per heavy atom. The van der Waals surface area contributed by atoms with Gasteiger partial charge in [0.15, 0.2) is 0 Å². The van der Waals surface area contributed by atoms with Gasteiger partial charge in [-0.1, -0.05) is 363 Å². The van der Waals surface area contributed by atoms with Gasteiger partial charge in [0.2, 0.25) is 0 Å². The number of benzene rings is 12. The van der Waals surface area contributed by atoms with Crippen LogP contribution in [0.2, 0.25) is 0 Å². The van der Waals surface area contributed by atoms with Crippen molar-refractivity contribution in [3.63, 3.8) is 0 Å². The van der Waals surface area contributed by atoms with Crippen LogP contribution in [0.4, 0.5) is 0 Å². The van der Waals surface area contributed by atoms with Gasteiger partial charge in [-0.05, 0) is 114 Å². The molecule has 0 saturated carbocycles. The van der Waals surface area contributed by atoms with Crippen LogP contribution in [0, 0.1) is 0 Å². The molecule has 22 heteroatoms. The van der Waals surface area contributed by atoms with Gasteiger partial charge >= 0.3 is 51.7 Å². The second-order valence-electron chi connectivity index (χ2n) is 33.9. The number of hydrogen-bond donors (Lipinski definition) is 2. The summed E-state index contributed by atoms with van der Waals surface area (Å²) in [4.78, 5) is 0. The zero-order valence-corrected chi connectivity index (χ0v) is 83.8. The molecule has 0 spiro atoms. The van der Waals surface area contributed by atoms with E-state index in [2.05, 4.69) is 191 Å². The SMILES string of the molecule is CC[O-].CC[O-].COc1cc(C(C)(C)C)c([O-])c(P(=NCCNCCN=P(c2ccccc2)(c2ccccc2)c2cc(OC)cc(C(C)(C)C)c2[O-])(c2ccccc2)c2ccccc2)c1.COc1cc(C(C)(C)C)c([O-])c(P(=NCCNCCN=P(c2ccccc2)(c2ccccc2)c2cc(OC)cc(C(C)(C)C)c2[O-])(c2ccccc2)c2ccccc2)c1.[Sc+3].[Sc+3]. The molecule has 0 heterocycles. The molecule has 0 aliphatic carbocycles. The molecule has 0 aromatic heterocycles. The predicted molar refractivity (Wildman–Crippen MR) is 515 cm³/mol. The number of hydrogen-bond acceptors (Lipinski definition) is 16. The molecule has 0 bridgehead atoms. The fraction of sp³-hybridized carbons (Fsp3) is 0.308. The van der Waals surface area contributed by atoms with Crippen molar-refractivity contribution in [3.8, 4) is 46.0 Å². The Morgan fingerprint density at radius 3 is 0.508 bits per heavy atom. The van der Waals surface area contributed by atoms with Crippen LogP contribution >= 0.6 is 28.2 Å². The van der Waals surface area contributed by atoms with Crippen molar-refractivity contribution in [2.24, 2.45) is 19.0 Å².